The smallest absolute Gasteiger partial charge is 0.0323 e. The molecule has 3 N–H and O–H groups in total. The van der Waals surface area contributed by atoms with Gasteiger partial charge < -0.3 is 6.15 Å². The van der Waals surface area contributed by atoms with Gasteiger partial charge in [0, 0.05) is 0 Å². The van der Waals surface area contributed by atoms with Crippen LogP contribution in [0.5, 0.6) is 0 Å². The van der Waals surface area contributed by atoms with Crippen LogP contribution in [0.15, 0.2) is 12.2 Å². The first-order valence-corrected chi connectivity index (χ1v) is 18.5. The molecule has 0 aliphatic carbocycles. The molecule has 0 bridgehead atoms. The van der Waals surface area contributed by atoms with E-state index in [1.165, 1.54) is 224 Å². The Balaban J connectivity index is 0. The summed E-state index contributed by atoms with van der Waals surface area (Å²) in [6.07, 6.45) is 49.2. The fraction of sp³-hybridized carbons (Fsp3) is 0.947. The monoisotopic (exact) mass is 550 g/mol. The third kappa shape index (κ3) is 37.7. The van der Waals surface area contributed by atoms with Gasteiger partial charge in [-0.25, -0.2) is 0 Å². The number of hydrogen-bond acceptors (Lipinski definition) is 1. The lowest BCUT2D eigenvalue weighted by atomic mass is 10.00. The molecule has 0 atom stereocenters. The largest absolute Gasteiger partial charge is 0.344 e. The van der Waals surface area contributed by atoms with Crippen molar-refractivity contribution in [3.63, 3.8) is 0 Å². The Labute approximate surface area is 250 Å². The average Bonchev–Trinajstić information content (AvgIpc) is 2.92. The highest BCUT2D eigenvalue weighted by Gasteiger charge is 1.99. The van der Waals surface area contributed by atoms with Crippen LogP contribution < -0.4 is 6.15 Å². The van der Waals surface area contributed by atoms with Crippen molar-refractivity contribution in [1.82, 2.24) is 6.15 Å². The fourth-order valence-electron chi connectivity index (χ4n) is 5.97. The van der Waals surface area contributed by atoms with Crippen molar-refractivity contribution in [2.24, 2.45) is 0 Å². The van der Waals surface area contributed by atoms with Gasteiger partial charge in [0.1, 0.15) is 0 Å². The molecule has 0 heterocycles. The predicted octanol–water partition coefficient (Wildman–Crippen LogP) is 15.0. The van der Waals surface area contributed by atoms with E-state index in [0.717, 1.165) is 0 Å². The SMILES string of the molecule is C=C(CCCCCCCCCCCCCCCCCC)CCCCCCCCCCCCCCCCCC.N. The van der Waals surface area contributed by atoms with E-state index in [1.807, 2.05) is 0 Å². The molecule has 236 valence electrons. The lowest BCUT2D eigenvalue weighted by molar-refractivity contribution is 0.526. The van der Waals surface area contributed by atoms with Gasteiger partial charge in [-0.1, -0.05) is 219 Å². The number of rotatable bonds is 34. The molecule has 0 fully saturated rings. The molecule has 0 amide bonds. The van der Waals surface area contributed by atoms with Gasteiger partial charge in [-0.05, 0) is 25.7 Å². The summed E-state index contributed by atoms with van der Waals surface area (Å²) in [5.41, 5.74) is 1.53. The molecule has 0 rings (SSSR count). The van der Waals surface area contributed by atoms with Crippen LogP contribution in [0.1, 0.15) is 232 Å². The Bertz CT molecular complexity index is 390. The van der Waals surface area contributed by atoms with E-state index in [2.05, 4.69) is 20.4 Å². The maximum atomic E-state index is 4.37. The summed E-state index contributed by atoms with van der Waals surface area (Å²) in [4.78, 5) is 0. The molecular formula is C38H79N. The quantitative estimate of drug-likeness (QED) is 0.0628. The van der Waals surface area contributed by atoms with Crippen molar-refractivity contribution in [3.8, 4) is 0 Å². The van der Waals surface area contributed by atoms with E-state index in [9.17, 15) is 0 Å². The topological polar surface area (TPSA) is 35.0 Å². The van der Waals surface area contributed by atoms with Crippen LogP contribution in [0.4, 0.5) is 0 Å². The minimum atomic E-state index is 0. The summed E-state index contributed by atoms with van der Waals surface area (Å²) in [6.45, 7) is 8.98. The van der Waals surface area contributed by atoms with Crippen molar-refractivity contribution >= 4 is 0 Å². The van der Waals surface area contributed by atoms with Crippen molar-refractivity contribution in [2.75, 3.05) is 0 Å². The molecule has 1 nitrogen and oxygen atoms in total. The van der Waals surface area contributed by atoms with Gasteiger partial charge in [0.05, 0.1) is 0 Å². The zero-order valence-corrected chi connectivity index (χ0v) is 28.0. The standard InChI is InChI=1S/C38H76.H3N/c1-4-6-8-10-12-14-16-18-20-22-24-26-28-30-32-34-36-38(3)37-35-33-31-29-27-25-23-21-19-17-15-13-11-9-7-5-2;/h3-37H2,1-2H3;1H3. The van der Waals surface area contributed by atoms with Gasteiger partial charge in [-0.2, -0.15) is 0 Å². The lowest BCUT2D eigenvalue weighted by Crippen LogP contribution is -1.87. The van der Waals surface area contributed by atoms with Crippen molar-refractivity contribution in [2.45, 2.75) is 232 Å². The summed E-state index contributed by atoms with van der Waals surface area (Å²) in [7, 11) is 0. The van der Waals surface area contributed by atoms with Gasteiger partial charge in [0.25, 0.3) is 0 Å². The summed E-state index contributed by atoms with van der Waals surface area (Å²) in [6, 6.07) is 0. The molecule has 39 heavy (non-hydrogen) atoms. The third-order valence-corrected chi connectivity index (χ3v) is 8.77. The second-order valence-corrected chi connectivity index (χ2v) is 12.9. The highest BCUT2D eigenvalue weighted by atomic mass is 14.1. The minimum Gasteiger partial charge on any atom is -0.344 e. The van der Waals surface area contributed by atoms with E-state index < -0.39 is 0 Å². The molecule has 0 aromatic rings. The summed E-state index contributed by atoms with van der Waals surface area (Å²) < 4.78 is 0. The Morgan fingerprint density at radius 2 is 0.436 bits per heavy atom. The molecule has 0 aliphatic heterocycles. The summed E-state index contributed by atoms with van der Waals surface area (Å²) in [5, 5.41) is 0. The molecule has 1 heteroatoms. The van der Waals surface area contributed by atoms with Gasteiger partial charge in [0.2, 0.25) is 0 Å². The molecular weight excluding hydrogens is 470 g/mol. The molecule has 0 radical (unpaired) electrons. The van der Waals surface area contributed by atoms with Crippen LogP contribution in [-0.4, -0.2) is 0 Å². The number of allylic oxidation sites excluding steroid dienone is 1. The van der Waals surface area contributed by atoms with Gasteiger partial charge in [-0.3, -0.25) is 0 Å². The minimum absolute atomic E-state index is 0. The fourth-order valence-corrected chi connectivity index (χ4v) is 5.97. The summed E-state index contributed by atoms with van der Waals surface area (Å²) in [5.74, 6) is 0. The van der Waals surface area contributed by atoms with Crippen molar-refractivity contribution < 1.29 is 0 Å². The van der Waals surface area contributed by atoms with E-state index in [1.54, 1.807) is 0 Å². The van der Waals surface area contributed by atoms with Gasteiger partial charge in [-0.15, -0.1) is 0 Å². The number of unbranched alkanes of at least 4 members (excludes halogenated alkanes) is 30. The normalized spacial score (nSPS) is 11.1. The first-order valence-electron chi connectivity index (χ1n) is 18.5. The lowest BCUT2D eigenvalue weighted by Gasteiger charge is -2.07. The third-order valence-electron chi connectivity index (χ3n) is 8.77. The second kappa shape index (κ2) is 37.7. The highest BCUT2D eigenvalue weighted by molar-refractivity contribution is 4.93. The maximum Gasteiger partial charge on any atom is -0.0323 e. The van der Waals surface area contributed by atoms with E-state index in [4.69, 9.17) is 0 Å². The van der Waals surface area contributed by atoms with Crippen molar-refractivity contribution in [3.05, 3.63) is 12.2 Å². The van der Waals surface area contributed by atoms with Gasteiger partial charge >= 0.3 is 0 Å². The Kier molecular flexibility index (Phi) is 39.5. The van der Waals surface area contributed by atoms with E-state index >= 15 is 0 Å². The molecule has 0 saturated carbocycles. The Morgan fingerprint density at radius 3 is 0.615 bits per heavy atom. The Morgan fingerprint density at radius 1 is 0.282 bits per heavy atom. The zero-order chi connectivity index (χ0) is 27.6. The molecule has 0 aromatic heterocycles. The van der Waals surface area contributed by atoms with Crippen LogP contribution >= 0.6 is 0 Å². The molecule has 0 unspecified atom stereocenters. The molecule has 0 aliphatic rings. The van der Waals surface area contributed by atoms with Crippen LogP contribution in [0, 0.1) is 0 Å². The molecule has 0 aromatic carbocycles. The van der Waals surface area contributed by atoms with Gasteiger partial charge in [0.15, 0.2) is 0 Å². The molecule has 0 saturated heterocycles. The van der Waals surface area contributed by atoms with Crippen LogP contribution in [0.3, 0.4) is 0 Å². The van der Waals surface area contributed by atoms with Crippen LogP contribution in [0.2, 0.25) is 0 Å². The summed E-state index contributed by atoms with van der Waals surface area (Å²) >= 11 is 0. The van der Waals surface area contributed by atoms with E-state index in [-0.39, 0.29) is 6.15 Å². The van der Waals surface area contributed by atoms with Crippen LogP contribution in [0.25, 0.3) is 0 Å². The predicted molar refractivity (Wildman–Crippen MR) is 182 cm³/mol. The van der Waals surface area contributed by atoms with Crippen molar-refractivity contribution in [1.29, 1.82) is 0 Å². The highest BCUT2D eigenvalue weighted by Crippen LogP contribution is 2.19. The van der Waals surface area contributed by atoms with E-state index in [0.29, 0.717) is 0 Å². The first kappa shape index (κ1) is 40.8. The maximum absolute atomic E-state index is 4.37. The number of hydrogen-bond donors (Lipinski definition) is 1. The zero-order valence-electron chi connectivity index (χ0n) is 28.0. The first-order chi connectivity index (χ1) is 18.8. The molecule has 0 spiro atoms. The van der Waals surface area contributed by atoms with Crippen LogP contribution in [-0.2, 0) is 0 Å². The Hall–Kier alpha value is -0.300. The average molecular weight is 550 g/mol. The second-order valence-electron chi connectivity index (χ2n) is 12.9.